The van der Waals surface area contributed by atoms with Crippen molar-refractivity contribution in [2.75, 3.05) is 33.2 Å². The van der Waals surface area contributed by atoms with Gasteiger partial charge in [0, 0.05) is 31.2 Å². The van der Waals surface area contributed by atoms with Gasteiger partial charge in [-0.05, 0) is 45.8 Å². The maximum atomic E-state index is 3.75. The molecule has 0 amide bonds. The minimum Gasteiger partial charge on any atom is -0.311 e. The maximum Gasteiger partial charge on any atom is 0.0221 e. The SMILES string of the molecule is CCCC1CN(C2CCN(C)CC2)C(CC)CN1. The highest BCUT2D eigenvalue weighted by atomic mass is 15.3. The highest BCUT2D eigenvalue weighted by Crippen LogP contribution is 2.22. The van der Waals surface area contributed by atoms with Crippen LogP contribution in [0.2, 0.25) is 0 Å². The fourth-order valence-electron chi connectivity index (χ4n) is 3.58. The molecule has 2 fully saturated rings. The average molecular weight is 253 g/mol. The lowest BCUT2D eigenvalue weighted by Gasteiger charge is -2.46. The summed E-state index contributed by atoms with van der Waals surface area (Å²) in [6.07, 6.45) is 6.66. The van der Waals surface area contributed by atoms with Crippen molar-refractivity contribution in [3.05, 3.63) is 0 Å². The Kier molecular flexibility index (Phi) is 5.46. The quantitative estimate of drug-likeness (QED) is 0.826. The molecule has 0 radical (unpaired) electrons. The van der Waals surface area contributed by atoms with E-state index in [-0.39, 0.29) is 0 Å². The van der Waals surface area contributed by atoms with Crippen molar-refractivity contribution in [3.63, 3.8) is 0 Å². The molecule has 0 aromatic heterocycles. The zero-order valence-corrected chi connectivity index (χ0v) is 12.5. The first-order chi connectivity index (χ1) is 8.74. The van der Waals surface area contributed by atoms with Crippen molar-refractivity contribution in [1.29, 1.82) is 0 Å². The summed E-state index contributed by atoms with van der Waals surface area (Å²) in [6.45, 7) is 9.68. The molecule has 0 aromatic carbocycles. The van der Waals surface area contributed by atoms with Gasteiger partial charge >= 0.3 is 0 Å². The van der Waals surface area contributed by atoms with Crippen molar-refractivity contribution in [3.8, 4) is 0 Å². The normalized spacial score (nSPS) is 32.8. The predicted octanol–water partition coefficient (Wildman–Crippen LogP) is 1.93. The van der Waals surface area contributed by atoms with Crippen LogP contribution in [0.15, 0.2) is 0 Å². The van der Waals surface area contributed by atoms with Gasteiger partial charge in [-0.3, -0.25) is 4.90 Å². The van der Waals surface area contributed by atoms with Crippen molar-refractivity contribution in [2.24, 2.45) is 0 Å². The van der Waals surface area contributed by atoms with Crippen LogP contribution in [0.3, 0.4) is 0 Å². The molecule has 2 unspecified atom stereocenters. The summed E-state index contributed by atoms with van der Waals surface area (Å²) in [4.78, 5) is 5.31. The summed E-state index contributed by atoms with van der Waals surface area (Å²) >= 11 is 0. The molecular weight excluding hydrogens is 222 g/mol. The Balaban J connectivity index is 1.93. The summed E-state index contributed by atoms with van der Waals surface area (Å²) in [6, 6.07) is 2.34. The van der Waals surface area contributed by atoms with E-state index < -0.39 is 0 Å². The zero-order valence-electron chi connectivity index (χ0n) is 12.5. The Morgan fingerprint density at radius 2 is 1.89 bits per heavy atom. The van der Waals surface area contributed by atoms with Crippen LogP contribution < -0.4 is 5.32 Å². The van der Waals surface area contributed by atoms with Gasteiger partial charge < -0.3 is 10.2 Å². The van der Waals surface area contributed by atoms with Crippen LogP contribution in [0, 0.1) is 0 Å². The third kappa shape index (κ3) is 3.46. The number of nitrogens with one attached hydrogen (secondary N) is 1. The van der Waals surface area contributed by atoms with Gasteiger partial charge in [-0.25, -0.2) is 0 Å². The highest BCUT2D eigenvalue weighted by molar-refractivity contribution is 4.91. The summed E-state index contributed by atoms with van der Waals surface area (Å²) in [7, 11) is 2.26. The molecule has 18 heavy (non-hydrogen) atoms. The van der Waals surface area contributed by atoms with Gasteiger partial charge in [0.25, 0.3) is 0 Å². The van der Waals surface area contributed by atoms with E-state index in [0.29, 0.717) is 0 Å². The summed E-state index contributed by atoms with van der Waals surface area (Å²) < 4.78 is 0. The number of hydrogen-bond acceptors (Lipinski definition) is 3. The number of nitrogens with zero attached hydrogens (tertiary/aromatic N) is 2. The first-order valence-corrected chi connectivity index (χ1v) is 7.92. The van der Waals surface area contributed by atoms with E-state index in [1.807, 2.05) is 0 Å². The van der Waals surface area contributed by atoms with E-state index in [1.165, 1.54) is 58.3 Å². The van der Waals surface area contributed by atoms with Gasteiger partial charge in [0.2, 0.25) is 0 Å². The van der Waals surface area contributed by atoms with Gasteiger partial charge in [-0.1, -0.05) is 20.3 Å². The first-order valence-electron chi connectivity index (χ1n) is 7.92. The molecule has 106 valence electrons. The second-order valence-corrected chi connectivity index (χ2v) is 6.19. The molecule has 0 saturated carbocycles. The zero-order chi connectivity index (χ0) is 13.0. The molecule has 0 aliphatic carbocycles. The van der Waals surface area contributed by atoms with Crippen LogP contribution in [0.1, 0.15) is 46.0 Å². The molecule has 3 nitrogen and oxygen atoms in total. The monoisotopic (exact) mass is 253 g/mol. The molecule has 0 bridgehead atoms. The third-order valence-corrected chi connectivity index (χ3v) is 4.81. The molecule has 2 aliphatic heterocycles. The van der Waals surface area contributed by atoms with Gasteiger partial charge in [-0.2, -0.15) is 0 Å². The minimum absolute atomic E-state index is 0.734. The fourth-order valence-corrected chi connectivity index (χ4v) is 3.58. The lowest BCUT2D eigenvalue weighted by Crippen LogP contribution is -2.60. The van der Waals surface area contributed by atoms with Crippen molar-refractivity contribution >= 4 is 0 Å². The number of rotatable bonds is 4. The Morgan fingerprint density at radius 3 is 2.50 bits per heavy atom. The van der Waals surface area contributed by atoms with Crippen LogP contribution >= 0.6 is 0 Å². The number of likely N-dealkylation sites (tertiary alicyclic amines) is 1. The fraction of sp³-hybridized carbons (Fsp3) is 1.00. The molecule has 2 aliphatic rings. The van der Waals surface area contributed by atoms with Gasteiger partial charge in [0.05, 0.1) is 0 Å². The predicted molar refractivity (Wildman–Crippen MR) is 78.0 cm³/mol. The Hall–Kier alpha value is -0.120. The van der Waals surface area contributed by atoms with E-state index >= 15 is 0 Å². The number of hydrogen-bond donors (Lipinski definition) is 1. The molecule has 2 rings (SSSR count). The summed E-state index contributed by atoms with van der Waals surface area (Å²) in [5.74, 6) is 0. The average Bonchev–Trinajstić information content (AvgIpc) is 2.40. The molecule has 3 heteroatoms. The minimum atomic E-state index is 0.734. The van der Waals surface area contributed by atoms with E-state index in [4.69, 9.17) is 0 Å². The van der Waals surface area contributed by atoms with Crippen molar-refractivity contribution in [2.45, 2.75) is 64.1 Å². The summed E-state index contributed by atoms with van der Waals surface area (Å²) in [5, 5.41) is 3.75. The molecular formula is C15H31N3. The molecule has 2 heterocycles. The summed E-state index contributed by atoms with van der Waals surface area (Å²) in [5.41, 5.74) is 0. The van der Waals surface area contributed by atoms with Gasteiger partial charge in [-0.15, -0.1) is 0 Å². The standard InChI is InChI=1S/C15H31N3/c1-4-6-13-12-18(14(5-2)11-16-13)15-7-9-17(3)10-8-15/h13-16H,4-12H2,1-3H3. The van der Waals surface area contributed by atoms with Gasteiger partial charge in [0.15, 0.2) is 0 Å². The molecule has 2 atom stereocenters. The van der Waals surface area contributed by atoms with Crippen LogP contribution in [-0.4, -0.2) is 61.2 Å². The van der Waals surface area contributed by atoms with Gasteiger partial charge in [0.1, 0.15) is 0 Å². The second kappa shape index (κ2) is 6.88. The van der Waals surface area contributed by atoms with Crippen molar-refractivity contribution < 1.29 is 0 Å². The second-order valence-electron chi connectivity index (χ2n) is 6.19. The van der Waals surface area contributed by atoms with E-state index in [9.17, 15) is 0 Å². The topological polar surface area (TPSA) is 18.5 Å². The lowest BCUT2D eigenvalue weighted by molar-refractivity contribution is 0.0439. The van der Waals surface area contributed by atoms with E-state index in [0.717, 1.165) is 18.1 Å². The van der Waals surface area contributed by atoms with Crippen LogP contribution in [0.4, 0.5) is 0 Å². The Bertz CT molecular complexity index is 236. The number of piperazine rings is 1. The Labute approximate surface area is 113 Å². The van der Waals surface area contributed by atoms with Crippen LogP contribution in [0.25, 0.3) is 0 Å². The molecule has 1 N–H and O–H groups in total. The largest absolute Gasteiger partial charge is 0.311 e. The molecule has 0 aromatic rings. The highest BCUT2D eigenvalue weighted by Gasteiger charge is 2.32. The number of piperidine rings is 1. The Morgan fingerprint density at radius 1 is 1.17 bits per heavy atom. The third-order valence-electron chi connectivity index (χ3n) is 4.81. The lowest BCUT2D eigenvalue weighted by atomic mass is 9.96. The molecule has 2 saturated heterocycles. The maximum absolute atomic E-state index is 3.75. The van der Waals surface area contributed by atoms with Crippen LogP contribution in [0.5, 0.6) is 0 Å². The van der Waals surface area contributed by atoms with E-state index in [2.05, 4.69) is 36.0 Å². The van der Waals surface area contributed by atoms with Crippen LogP contribution in [-0.2, 0) is 0 Å². The first kappa shape index (κ1) is 14.3. The molecule has 0 spiro atoms. The smallest absolute Gasteiger partial charge is 0.0221 e. The van der Waals surface area contributed by atoms with Crippen molar-refractivity contribution in [1.82, 2.24) is 15.1 Å². The van der Waals surface area contributed by atoms with E-state index in [1.54, 1.807) is 0 Å².